The molecule has 0 unspecified atom stereocenters. The molecule has 0 heterocycles. The van der Waals surface area contributed by atoms with Crippen LogP contribution in [0.5, 0.6) is 0 Å². The van der Waals surface area contributed by atoms with Gasteiger partial charge in [0.05, 0.1) is 10.6 Å². The molecule has 0 saturated carbocycles. The van der Waals surface area contributed by atoms with Gasteiger partial charge >= 0.3 is 0 Å². The Morgan fingerprint density at radius 1 is 1.43 bits per heavy atom. The Balaban J connectivity index is 3.17. The number of benzene rings is 1. The van der Waals surface area contributed by atoms with Crippen molar-refractivity contribution >= 4 is 32.4 Å². The van der Waals surface area contributed by atoms with Crippen molar-refractivity contribution in [2.45, 2.75) is 11.8 Å². The molecule has 0 bridgehead atoms. The van der Waals surface area contributed by atoms with E-state index in [1.54, 1.807) is 25.1 Å². The van der Waals surface area contributed by atoms with E-state index in [2.05, 4.69) is 6.58 Å². The van der Waals surface area contributed by atoms with Gasteiger partial charge in [0, 0.05) is 3.57 Å². The lowest BCUT2D eigenvalue weighted by Gasteiger charge is -2.05. The van der Waals surface area contributed by atoms with Crippen molar-refractivity contribution in [3.63, 3.8) is 0 Å². The smallest absolute Gasteiger partial charge is 0.183 e. The lowest BCUT2D eigenvalue weighted by Crippen LogP contribution is -2.08. The first-order valence-electron chi connectivity index (χ1n) is 4.05. The molecule has 1 aromatic rings. The Morgan fingerprint density at radius 2 is 2.00 bits per heavy atom. The third-order valence-corrected chi connectivity index (χ3v) is 4.81. The average Bonchev–Trinajstić information content (AvgIpc) is 2.02. The van der Waals surface area contributed by atoms with Crippen LogP contribution < -0.4 is 0 Å². The van der Waals surface area contributed by atoms with Crippen molar-refractivity contribution in [1.29, 1.82) is 0 Å². The van der Waals surface area contributed by atoms with E-state index in [-0.39, 0.29) is 5.75 Å². The van der Waals surface area contributed by atoms with Gasteiger partial charge in [0.1, 0.15) is 0 Å². The van der Waals surface area contributed by atoms with Gasteiger partial charge in [0.25, 0.3) is 0 Å². The monoisotopic (exact) mass is 322 g/mol. The highest BCUT2D eigenvalue weighted by atomic mass is 127. The van der Waals surface area contributed by atoms with Crippen LogP contribution >= 0.6 is 22.6 Å². The average molecular weight is 322 g/mol. The molecular weight excluding hydrogens is 311 g/mol. The fraction of sp³-hybridized carbons (Fsp3) is 0.200. The Morgan fingerprint density at radius 3 is 2.50 bits per heavy atom. The van der Waals surface area contributed by atoms with Crippen LogP contribution in [0.25, 0.3) is 0 Å². The van der Waals surface area contributed by atoms with Gasteiger partial charge in [-0.25, -0.2) is 8.42 Å². The van der Waals surface area contributed by atoms with E-state index in [1.165, 1.54) is 0 Å². The topological polar surface area (TPSA) is 34.1 Å². The first-order chi connectivity index (χ1) is 6.43. The van der Waals surface area contributed by atoms with Crippen LogP contribution in [0, 0.1) is 3.57 Å². The van der Waals surface area contributed by atoms with E-state index in [9.17, 15) is 8.42 Å². The zero-order valence-electron chi connectivity index (χ0n) is 7.83. The molecule has 2 nitrogen and oxygen atoms in total. The summed E-state index contributed by atoms with van der Waals surface area (Å²) < 4.78 is 24.4. The summed E-state index contributed by atoms with van der Waals surface area (Å²) in [5, 5.41) is 0. The van der Waals surface area contributed by atoms with Crippen LogP contribution in [0.15, 0.2) is 41.3 Å². The van der Waals surface area contributed by atoms with E-state index in [0.717, 1.165) is 3.57 Å². The second-order valence-corrected chi connectivity index (χ2v) is 6.27. The standard InChI is InChI=1S/C10H11IO2S/c1-8(2)7-14(12,13)10-6-4-3-5-9(10)11/h3-6H,1,7H2,2H3. The van der Waals surface area contributed by atoms with Crippen molar-refractivity contribution in [3.05, 3.63) is 40.0 Å². The summed E-state index contributed by atoms with van der Waals surface area (Å²) in [4.78, 5) is 0.392. The molecule has 0 fully saturated rings. The van der Waals surface area contributed by atoms with E-state index in [0.29, 0.717) is 10.5 Å². The zero-order valence-corrected chi connectivity index (χ0v) is 10.8. The number of rotatable bonds is 3. The molecule has 76 valence electrons. The molecule has 0 aliphatic carbocycles. The normalized spacial score (nSPS) is 11.3. The number of halogens is 1. The maximum absolute atomic E-state index is 11.8. The van der Waals surface area contributed by atoms with E-state index in [1.807, 2.05) is 28.7 Å². The molecule has 0 aliphatic heterocycles. The molecule has 0 spiro atoms. The molecule has 0 saturated heterocycles. The molecule has 0 aromatic heterocycles. The summed E-state index contributed by atoms with van der Waals surface area (Å²) in [6.07, 6.45) is 0. The van der Waals surface area contributed by atoms with Crippen LogP contribution in [-0.4, -0.2) is 14.2 Å². The van der Waals surface area contributed by atoms with Gasteiger partial charge in [-0.05, 0) is 41.6 Å². The fourth-order valence-electron chi connectivity index (χ4n) is 1.10. The minimum atomic E-state index is -3.20. The Hall–Kier alpha value is -0.360. The van der Waals surface area contributed by atoms with Crippen LogP contribution in [0.4, 0.5) is 0 Å². The van der Waals surface area contributed by atoms with Crippen molar-refractivity contribution in [3.8, 4) is 0 Å². The zero-order chi connectivity index (χ0) is 10.8. The van der Waals surface area contributed by atoms with Crippen LogP contribution in [0.3, 0.4) is 0 Å². The molecule has 4 heteroatoms. The van der Waals surface area contributed by atoms with Gasteiger partial charge < -0.3 is 0 Å². The second kappa shape index (κ2) is 4.44. The van der Waals surface area contributed by atoms with Crippen LogP contribution in [0.2, 0.25) is 0 Å². The predicted octanol–water partition coefficient (Wildman–Crippen LogP) is 2.64. The first-order valence-corrected chi connectivity index (χ1v) is 6.78. The quantitative estimate of drug-likeness (QED) is 0.633. The van der Waals surface area contributed by atoms with Crippen molar-refractivity contribution in [2.24, 2.45) is 0 Å². The minimum Gasteiger partial charge on any atom is -0.223 e. The molecule has 0 aliphatic rings. The lowest BCUT2D eigenvalue weighted by molar-refractivity contribution is 0.597. The van der Waals surface area contributed by atoms with Gasteiger partial charge in [0.15, 0.2) is 9.84 Å². The third kappa shape index (κ3) is 2.81. The van der Waals surface area contributed by atoms with Gasteiger partial charge in [-0.2, -0.15) is 0 Å². The minimum absolute atomic E-state index is 0.0208. The summed E-state index contributed by atoms with van der Waals surface area (Å²) in [5.41, 5.74) is 0.657. The largest absolute Gasteiger partial charge is 0.223 e. The molecule has 0 atom stereocenters. The summed E-state index contributed by atoms with van der Waals surface area (Å²) in [5.74, 6) is 0.0208. The Kier molecular flexibility index (Phi) is 3.71. The SMILES string of the molecule is C=C(C)CS(=O)(=O)c1ccccc1I. The molecule has 0 amide bonds. The first kappa shape index (κ1) is 11.7. The maximum atomic E-state index is 11.8. The summed E-state index contributed by atoms with van der Waals surface area (Å²) in [7, 11) is -3.20. The number of hydrogen-bond acceptors (Lipinski definition) is 2. The maximum Gasteiger partial charge on any atom is 0.183 e. The molecular formula is C10H11IO2S. The summed E-state index contributed by atoms with van der Waals surface area (Å²) >= 11 is 2.02. The number of sulfone groups is 1. The van der Waals surface area contributed by atoms with E-state index < -0.39 is 9.84 Å². The highest BCUT2D eigenvalue weighted by molar-refractivity contribution is 14.1. The van der Waals surface area contributed by atoms with Crippen molar-refractivity contribution in [2.75, 3.05) is 5.75 Å². The number of hydrogen-bond donors (Lipinski definition) is 0. The second-order valence-electron chi connectivity index (χ2n) is 3.15. The third-order valence-electron chi connectivity index (χ3n) is 1.61. The van der Waals surface area contributed by atoms with Crippen molar-refractivity contribution < 1.29 is 8.42 Å². The highest BCUT2D eigenvalue weighted by Crippen LogP contribution is 2.19. The highest BCUT2D eigenvalue weighted by Gasteiger charge is 2.16. The van der Waals surface area contributed by atoms with E-state index in [4.69, 9.17) is 0 Å². The van der Waals surface area contributed by atoms with Crippen molar-refractivity contribution in [1.82, 2.24) is 0 Å². The Labute approximate surface area is 98.1 Å². The predicted molar refractivity (Wildman–Crippen MR) is 66.0 cm³/mol. The molecule has 14 heavy (non-hydrogen) atoms. The van der Waals surface area contributed by atoms with Gasteiger partial charge in [-0.3, -0.25) is 0 Å². The fourth-order valence-corrected chi connectivity index (χ4v) is 3.95. The molecule has 0 N–H and O–H groups in total. The molecule has 1 aromatic carbocycles. The van der Waals surface area contributed by atoms with E-state index >= 15 is 0 Å². The summed E-state index contributed by atoms with van der Waals surface area (Å²) in [6.45, 7) is 5.33. The van der Waals surface area contributed by atoms with Crippen LogP contribution in [0.1, 0.15) is 6.92 Å². The Bertz CT molecular complexity index is 449. The van der Waals surface area contributed by atoms with Gasteiger partial charge in [0.2, 0.25) is 0 Å². The van der Waals surface area contributed by atoms with Gasteiger partial charge in [-0.15, -0.1) is 0 Å². The summed E-state index contributed by atoms with van der Waals surface area (Å²) in [6, 6.07) is 6.96. The molecule has 1 rings (SSSR count). The molecule has 0 radical (unpaired) electrons. The van der Waals surface area contributed by atoms with Crippen LogP contribution in [-0.2, 0) is 9.84 Å². The van der Waals surface area contributed by atoms with Gasteiger partial charge in [-0.1, -0.05) is 24.3 Å². The lowest BCUT2D eigenvalue weighted by atomic mass is 10.4.